The van der Waals surface area contributed by atoms with Crippen LogP contribution < -0.4 is 0 Å². The number of oxime groups is 1. The van der Waals surface area contributed by atoms with Crippen molar-refractivity contribution in [2.24, 2.45) is 5.16 Å². The van der Waals surface area contributed by atoms with Gasteiger partial charge in [-0.1, -0.05) is 22.4 Å². The van der Waals surface area contributed by atoms with Crippen molar-refractivity contribution in [1.29, 1.82) is 0 Å². The van der Waals surface area contributed by atoms with Crippen molar-refractivity contribution in [3.63, 3.8) is 0 Å². The average Bonchev–Trinajstić information content (AvgIpc) is 3.34. The van der Waals surface area contributed by atoms with Crippen LogP contribution in [0.5, 0.6) is 0 Å². The molecule has 1 aromatic heterocycles. The number of benzene rings is 2. The first-order valence-electron chi connectivity index (χ1n) is 9.22. The zero-order valence-corrected chi connectivity index (χ0v) is 16.3. The van der Waals surface area contributed by atoms with E-state index < -0.39 is 17.7 Å². The van der Waals surface area contributed by atoms with Crippen LogP contribution in [-0.4, -0.2) is 40.3 Å². The minimum absolute atomic E-state index is 0.255. The van der Waals surface area contributed by atoms with Crippen LogP contribution >= 0.6 is 0 Å². The highest BCUT2D eigenvalue weighted by Gasteiger charge is 2.38. The van der Waals surface area contributed by atoms with Crippen LogP contribution in [0.1, 0.15) is 34.5 Å². The average molecular weight is 412 g/mol. The molecule has 0 N–H and O–H groups in total. The summed E-state index contributed by atoms with van der Waals surface area (Å²) in [6.45, 7) is 1.96. The summed E-state index contributed by atoms with van der Waals surface area (Å²) in [6.07, 6.45) is 0.417. The van der Waals surface area contributed by atoms with Gasteiger partial charge in [-0.15, -0.1) is 0 Å². The quantitative estimate of drug-likeness (QED) is 0.607. The molecule has 9 heteroatoms. The van der Waals surface area contributed by atoms with Crippen molar-refractivity contribution in [1.82, 2.24) is 15.0 Å². The van der Waals surface area contributed by atoms with E-state index in [0.717, 1.165) is 6.07 Å². The Labute approximate surface area is 170 Å². The van der Waals surface area contributed by atoms with E-state index in [1.165, 1.54) is 19.2 Å². The summed E-state index contributed by atoms with van der Waals surface area (Å²) in [5.41, 5.74) is 1.87. The molecule has 3 aromatic rings. The maximum Gasteiger partial charge on any atom is 0.254 e. The maximum atomic E-state index is 14.0. The molecule has 0 spiro atoms. The van der Waals surface area contributed by atoms with Gasteiger partial charge in [-0.3, -0.25) is 4.79 Å². The Morgan fingerprint density at radius 1 is 1.23 bits per heavy atom. The van der Waals surface area contributed by atoms with E-state index in [0.29, 0.717) is 35.0 Å². The minimum Gasteiger partial charge on any atom is -0.399 e. The number of rotatable bonds is 4. The van der Waals surface area contributed by atoms with E-state index in [1.807, 2.05) is 0 Å². The summed E-state index contributed by atoms with van der Waals surface area (Å²) in [5.74, 6) is -0.774. The van der Waals surface area contributed by atoms with Gasteiger partial charge in [0.25, 0.3) is 5.91 Å². The Bertz CT molecular complexity index is 1110. The highest BCUT2D eigenvalue weighted by molar-refractivity contribution is 6.00. The summed E-state index contributed by atoms with van der Waals surface area (Å²) in [7, 11) is 1.44. The number of hydrogen-bond acceptors (Lipinski definition) is 6. The Kier molecular flexibility index (Phi) is 5.26. The first kappa shape index (κ1) is 19.7. The SMILES string of the molecule is CON=C1CC(c2nc(C)no2)N(C(=O)c2ccc(-c3ccc(F)cc3F)cc2)C1. The molecule has 154 valence electrons. The highest BCUT2D eigenvalue weighted by atomic mass is 19.1. The molecule has 0 radical (unpaired) electrons. The lowest BCUT2D eigenvalue weighted by Gasteiger charge is -2.21. The summed E-state index contributed by atoms with van der Waals surface area (Å²) in [5, 5.41) is 7.76. The molecule has 1 unspecified atom stereocenters. The van der Waals surface area contributed by atoms with Gasteiger partial charge in [-0.2, -0.15) is 4.98 Å². The van der Waals surface area contributed by atoms with Crippen LogP contribution in [0.4, 0.5) is 8.78 Å². The van der Waals surface area contributed by atoms with E-state index in [1.54, 1.807) is 36.1 Å². The van der Waals surface area contributed by atoms with E-state index in [4.69, 9.17) is 9.36 Å². The summed E-state index contributed by atoms with van der Waals surface area (Å²) in [4.78, 5) is 23.8. The second-order valence-electron chi connectivity index (χ2n) is 6.87. The third-order valence-electron chi connectivity index (χ3n) is 4.84. The predicted octanol–water partition coefficient (Wildman–Crippen LogP) is 3.91. The van der Waals surface area contributed by atoms with Crippen LogP contribution in [-0.2, 0) is 4.84 Å². The fourth-order valence-corrected chi connectivity index (χ4v) is 3.46. The smallest absolute Gasteiger partial charge is 0.254 e. The summed E-state index contributed by atoms with van der Waals surface area (Å²) < 4.78 is 32.4. The number of carbonyl (C=O) groups excluding carboxylic acids is 1. The van der Waals surface area contributed by atoms with Crippen molar-refractivity contribution in [2.45, 2.75) is 19.4 Å². The first-order valence-corrected chi connectivity index (χ1v) is 9.22. The number of hydrogen-bond donors (Lipinski definition) is 0. The molecule has 0 aliphatic carbocycles. The monoisotopic (exact) mass is 412 g/mol. The standard InChI is InChI=1S/C21H18F2N4O3/c1-12-24-20(30-25-12)19-10-16(26-29-2)11-27(19)21(28)14-5-3-13(4-6-14)17-8-7-15(22)9-18(17)23/h3-9,19H,10-11H2,1-2H3. The van der Waals surface area contributed by atoms with Crippen molar-refractivity contribution in [3.05, 3.63) is 71.4 Å². The second kappa shape index (κ2) is 8.02. The molecular weight excluding hydrogens is 394 g/mol. The van der Waals surface area contributed by atoms with Crippen LogP contribution in [0.15, 0.2) is 52.1 Å². The van der Waals surface area contributed by atoms with Gasteiger partial charge in [0.15, 0.2) is 5.82 Å². The predicted molar refractivity (Wildman–Crippen MR) is 104 cm³/mol. The zero-order chi connectivity index (χ0) is 21.3. The van der Waals surface area contributed by atoms with E-state index >= 15 is 0 Å². The zero-order valence-electron chi connectivity index (χ0n) is 16.3. The molecule has 1 saturated heterocycles. The third kappa shape index (κ3) is 3.78. The number of nitrogens with zero attached hydrogens (tertiary/aromatic N) is 4. The van der Waals surface area contributed by atoms with Crippen LogP contribution in [0.3, 0.4) is 0 Å². The van der Waals surface area contributed by atoms with Gasteiger partial charge in [-0.25, -0.2) is 8.78 Å². The van der Waals surface area contributed by atoms with E-state index in [-0.39, 0.29) is 18.0 Å². The van der Waals surface area contributed by atoms with Gasteiger partial charge >= 0.3 is 0 Å². The molecule has 30 heavy (non-hydrogen) atoms. The Balaban J connectivity index is 1.61. The second-order valence-corrected chi connectivity index (χ2v) is 6.87. The van der Waals surface area contributed by atoms with Gasteiger partial charge in [0.2, 0.25) is 5.89 Å². The largest absolute Gasteiger partial charge is 0.399 e. The van der Waals surface area contributed by atoms with Crippen molar-refractivity contribution >= 4 is 11.6 Å². The molecule has 1 amide bonds. The fraction of sp³-hybridized carbons (Fsp3) is 0.238. The molecule has 0 bridgehead atoms. The van der Waals surface area contributed by atoms with Crippen LogP contribution in [0.25, 0.3) is 11.1 Å². The van der Waals surface area contributed by atoms with Gasteiger partial charge in [0, 0.05) is 23.6 Å². The molecule has 1 aliphatic heterocycles. The molecule has 4 rings (SSSR count). The first-order chi connectivity index (χ1) is 14.5. The topological polar surface area (TPSA) is 80.8 Å². The number of halogens is 2. The Morgan fingerprint density at radius 3 is 2.63 bits per heavy atom. The van der Waals surface area contributed by atoms with E-state index in [2.05, 4.69) is 15.3 Å². The van der Waals surface area contributed by atoms with E-state index in [9.17, 15) is 13.6 Å². The number of aryl methyl sites for hydroxylation is 1. The number of aromatic nitrogens is 2. The molecule has 1 aliphatic rings. The van der Waals surface area contributed by atoms with Crippen molar-refractivity contribution in [3.8, 4) is 11.1 Å². The van der Waals surface area contributed by atoms with Gasteiger partial charge in [0.05, 0.1) is 12.3 Å². The lowest BCUT2D eigenvalue weighted by Crippen LogP contribution is -2.31. The highest BCUT2D eigenvalue weighted by Crippen LogP contribution is 2.32. The normalized spacial score (nSPS) is 17.5. The number of amides is 1. The van der Waals surface area contributed by atoms with Crippen molar-refractivity contribution in [2.75, 3.05) is 13.7 Å². The molecule has 0 saturated carbocycles. The van der Waals surface area contributed by atoms with Gasteiger partial charge in [-0.05, 0) is 36.8 Å². The maximum absolute atomic E-state index is 14.0. The summed E-state index contributed by atoms with van der Waals surface area (Å²) in [6, 6.07) is 9.36. The van der Waals surface area contributed by atoms with Crippen LogP contribution in [0, 0.1) is 18.6 Å². The lowest BCUT2D eigenvalue weighted by molar-refractivity contribution is 0.0713. The Morgan fingerprint density at radius 2 is 2.00 bits per heavy atom. The molecule has 2 heterocycles. The molecule has 2 aromatic carbocycles. The van der Waals surface area contributed by atoms with Crippen LogP contribution in [0.2, 0.25) is 0 Å². The Hall–Kier alpha value is -3.62. The lowest BCUT2D eigenvalue weighted by atomic mass is 10.0. The molecule has 7 nitrogen and oxygen atoms in total. The summed E-state index contributed by atoms with van der Waals surface area (Å²) >= 11 is 0. The van der Waals surface area contributed by atoms with Crippen molar-refractivity contribution < 1.29 is 22.9 Å². The molecular formula is C21H18F2N4O3. The molecule has 1 fully saturated rings. The van der Waals surface area contributed by atoms with Gasteiger partial charge < -0.3 is 14.3 Å². The van der Waals surface area contributed by atoms with Gasteiger partial charge in [0.1, 0.15) is 24.8 Å². The minimum atomic E-state index is -0.666. The number of carbonyl (C=O) groups is 1. The number of likely N-dealkylation sites (tertiary alicyclic amines) is 1. The third-order valence-corrected chi connectivity index (χ3v) is 4.84. The molecule has 1 atom stereocenters. The fourth-order valence-electron chi connectivity index (χ4n) is 3.46.